The van der Waals surface area contributed by atoms with Gasteiger partial charge in [0, 0.05) is 12.4 Å². The van der Waals surface area contributed by atoms with Gasteiger partial charge in [0.25, 0.3) is 0 Å². The summed E-state index contributed by atoms with van der Waals surface area (Å²) in [6.07, 6.45) is 9.22. The Morgan fingerprint density at radius 3 is 2.74 bits per heavy atom. The number of aryl methyl sites for hydroxylation is 1. The second-order valence-electron chi connectivity index (χ2n) is 8.95. The lowest BCUT2D eigenvalue weighted by Gasteiger charge is -2.38. The Balaban J connectivity index is 1.67. The number of fused-ring (bicyclic) bond motifs is 1. The average molecular weight is 472 g/mol. The number of benzene rings is 3. The van der Waals surface area contributed by atoms with Crippen molar-refractivity contribution in [3.8, 4) is 11.5 Å². The van der Waals surface area contributed by atoms with Crippen molar-refractivity contribution < 1.29 is 13.9 Å². The van der Waals surface area contributed by atoms with Gasteiger partial charge in [-0.2, -0.15) is 0 Å². The molecule has 0 aliphatic carbocycles. The second-order valence-corrected chi connectivity index (χ2v) is 8.95. The second kappa shape index (κ2) is 10.3. The molecule has 1 unspecified atom stereocenters. The third kappa shape index (κ3) is 4.93. The minimum Gasteiger partial charge on any atom is -0.454 e. The zero-order valence-electron chi connectivity index (χ0n) is 19.9. The number of halogens is 1. The van der Waals surface area contributed by atoms with Gasteiger partial charge in [0.1, 0.15) is 5.82 Å². The van der Waals surface area contributed by atoms with Crippen molar-refractivity contribution in [2.24, 2.45) is 0 Å². The first-order valence-electron chi connectivity index (χ1n) is 12.1. The normalized spacial score (nSPS) is 14.1. The van der Waals surface area contributed by atoms with Gasteiger partial charge < -0.3 is 14.0 Å². The van der Waals surface area contributed by atoms with Crippen LogP contribution in [0.2, 0.25) is 0 Å². The van der Waals surface area contributed by atoms with E-state index in [1.807, 2.05) is 29.0 Å². The van der Waals surface area contributed by atoms with Crippen molar-refractivity contribution in [3.63, 3.8) is 0 Å². The quantitative estimate of drug-likeness (QED) is 0.316. The van der Waals surface area contributed by atoms with E-state index in [-0.39, 0.29) is 12.6 Å². The number of rotatable bonds is 10. The standard InChI is InChI=1S/C29H30FN3O2/c1-2-3-7-23-8-4-5-11-26(23)29(24-9-6-10-25(30)17-24,32-20-33-15-14-31-19-33)18-22-12-13-27-28(16-22)35-21-34-27/h4-6,8-17,19,32H,2-3,7,18,20-21H2,1H3. The van der Waals surface area contributed by atoms with Gasteiger partial charge in [-0.15, -0.1) is 0 Å². The Morgan fingerprint density at radius 2 is 1.91 bits per heavy atom. The van der Waals surface area contributed by atoms with Crippen LogP contribution in [0.3, 0.4) is 0 Å². The van der Waals surface area contributed by atoms with E-state index < -0.39 is 5.54 Å². The molecule has 1 atom stereocenters. The molecule has 3 aromatic carbocycles. The number of nitrogens with one attached hydrogen (secondary N) is 1. The van der Waals surface area contributed by atoms with Crippen LogP contribution in [0.1, 0.15) is 42.0 Å². The molecule has 2 heterocycles. The van der Waals surface area contributed by atoms with Crippen molar-refractivity contribution >= 4 is 0 Å². The summed E-state index contributed by atoms with van der Waals surface area (Å²) >= 11 is 0. The van der Waals surface area contributed by atoms with Gasteiger partial charge in [-0.05, 0) is 65.8 Å². The maximum absolute atomic E-state index is 14.7. The predicted molar refractivity (Wildman–Crippen MR) is 134 cm³/mol. The van der Waals surface area contributed by atoms with E-state index in [9.17, 15) is 4.39 Å². The Hall–Kier alpha value is -3.64. The number of unbranched alkanes of at least 4 members (excludes halogenated alkanes) is 1. The maximum atomic E-state index is 14.7. The molecule has 4 aromatic rings. The van der Waals surface area contributed by atoms with Crippen molar-refractivity contribution in [3.05, 3.63) is 114 Å². The average Bonchev–Trinajstić information content (AvgIpc) is 3.57. The molecule has 180 valence electrons. The van der Waals surface area contributed by atoms with Gasteiger partial charge in [0.15, 0.2) is 11.5 Å². The third-order valence-electron chi connectivity index (χ3n) is 6.62. The van der Waals surface area contributed by atoms with Crippen molar-refractivity contribution in [2.45, 2.75) is 44.8 Å². The predicted octanol–water partition coefficient (Wildman–Crippen LogP) is 5.83. The fourth-order valence-electron chi connectivity index (χ4n) is 4.85. The molecule has 0 saturated carbocycles. The van der Waals surface area contributed by atoms with Crippen molar-refractivity contribution in [1.29, 1.82) is 0 Å². The molecule has 35 heavy (non-hydrogen) atoms. The number of hydrogen-bond donors (Lipinski definition) is 1. The first kappa shape index (κ1) is 23.1. The number of ether oxygens (including phenoxy) is 2. The highest BCUT2D eigenvalue weighted by Crippen LogP contribution is 2.39. The Bertz CT molecular complexity index is 1270. The van der Waals surface area contributed by atoms with Gasteiger partial charge >= 0.3 is 0 Å². The van der Waals surface area contributed by atoms with Gasteiger partial charge in [-0.25, -0.2) is 9.37 Å². The summed E-state index contributed by atoms with van der Waals surface area (Å²) in [5.41, 5.74) is 3.67. The highest BCUT2D eigenvalue weighted by molar-refractivity contribution is 5.49. The molecule has 1 aromatic heterocycles. The van der Waals surface area contributed by atoms with E-state index in [2.05, 4.69) is 47.6 Å². The molecule has 5 rings (SSSR count). The zero-order valence-corrected chi connectivity index (χ0v) is 19.9. The molecule has 0 spiro atoms. The maximum Gasteiger partial charge on any atom is 0.231 e. The highest BCUT2D eigenvalue weighted by atomic mass is 19.1. The summed E-state index contributed by atoms with van der Waals surface area (Å²) in [6, 6.07) is 21.5. The Morgan fingerprint density at radius 1 is 1.03 bits per heavy atom. The number of hydrogen-bond acceptors (Lipinski definition) is 4. The van der Waals surface area contributed by atoms with E-state index >= 15 is 0 Å². The van der Waals surface area contributed by atoms with Crippen LogP contribution in [0.5, 0.6) is 11.5 Å². The smallest absolute Gasteiger partial charge is 0.231 e. The van der Waals surface area contributed by atoms with Crippen LogP contribution in [0.25, 0.3) is 0 Å². The van der Waals surface area contributed by atoms with E-state index in [1.165, 1.54) is 11.6 Å². The number of imidazole rings is 1. The zero-order chi connectivity index (χ0) is 24.1. The molecule has 1 aliphatic rings. The minimum absolute atomic E-state index is 0.229. The minimum atomic E-state index is -0.690. The molecule has 1 N–H and O–H groups in total. The van der Waals surface area contributed by atoms with E-state index in [1.54, 1.807) is 24.7 Å². The lowest BCUT2D eigenvalue weighted by Crippen LogP contribution is -2.46. The molecule has 0 saturated heterocycles. The third-order valence-corrected chi connectivity index (χ3v) is 6.62. The lowest BCUT2D eigenvalue weighted by atomic mass is 9.75. The molecule has 6 heteroatoms. The fourth-order valence-corrected chi connectivity index (χ4v) is 4.85. The molecular weight excluding hydrogens is 441 g/mol. The number of nitrogens with zero attached hydrogens (tertiary/aromatic N) is 2. The van der Waals surface area contributed by atoms with Gasteiger partial charge in [0.05, 0.1) is 18.5 Å². The summed E-state index contributed by atoms with van der Waals surface area (Å²) in [7, 11) is 0. The first-order chi connectivity index (χ1) is 17.2. The molecule has 1 aliphatic heterocycles. The lowest BCUT2D eigenvalue weighted by molar-refractivity contribution is 0.174. The largest absolute Gasteiger partial charge is 0.454 e. The van der Waals surface area contributed by atoms with Crippen LogP contribution < -0.4 is 14.8 Å². The molecule has 0 amide bonds. The molecular formula is C29H30FN3O2. The van der Waals surface area contributed by atoms with Crippen LogP contribution in [0, 0.1) is 5.82 Å². The number of aromatic nitrogens is 2. The Kier molecular flexibility index (Phi) is 6.82. The molecule has 0 bridgehead atoms. The first-order valence-corrected chi connectivity index (χ1v) is 12.1. The van der Waals surface area contributed by atoms with Gasteiger partial charge in [-0.3, -0.25) is 5.32 Å². The van der Waals surface area contributed by atoms with E-state index in [0.29, 0.717) is 13.1 Å². The SMILES string of the molecule is CCCCc1ccccc1C(Cc1ccc2c(c1)OCO2)(NCn1ccnc1)c1cccc(F)c1. The topological polar surface area (TPSA) is 48.3 Å². The monoisotopic (exact) mass is 471 g/mol. The van der Waals surface area contributed by atoms with Crippen molar-refractivity contribution in [2.75, 3.05) is 6.79 Å². The summed E-state index contributed by atoms with van der Waals surface area (Å²) < 4.78 is 27.9. The molecule has 5 nitrogen and oxygen atoms in total. The van der Waals surface area contributed by atoms with Crippen LogP contribution in [-0.2, 0) is 25.0 Å². The summed E-state index contributed by atoms with van der Waals surface area (Å²) in [4.78, 5) is 4.20. The molecule has 0 fully saturated rings. The fraction of sp³-hybridized carbons (Fsp3) is 0.276. The highest BCUT2D eigenvalue weighted by Gasteiger charge is 2.36. The van der Waals surface area contributed by atoms with Crippen LogP contribution >= 0.6 is 0 Å². The van der Waals surface area contributed by atoms with Gasteiger partial charge in [-0.1, -0.05) is 55.8 Å². The summed E-state index contributed by atoms with van der Waals surface area (Å²) in [5.74, 6) is 1.23. The molecule has 0 radical (unpaired) electrons. The van der Waals surface area contributed by atoms with E-state index in [4.69, 9.17) is 9.47 Å². The Labute approximate surface area is 205 Å². The summed E-state index contributed by atoms with van der Waals surface area (Å²) in [5, 5.41) is 3.81. The van der Waals surface area contributed by atoms with Crippen LogP contribution in [0.15, 0.2) is 85.5 Å². The summed E-state index contributed by atoms with van der Waals surface area (Å²) in [6.45, 7) is 2.95. The van der Waals surface area contributed by atoms with Crippen molar-refractivity contribution in [1.82, 2.24) is 14.9 Å². The van der Waals surface area contributed by atoms with E-state index in [0.717, 1.165) is 47.5 Å². The van der Waals surface area contributed by atoms with Gasteiger partial charge in [0.2, 0.25) is 6.79 Å². The van der Waals surface area contributed by atoms with Crippen LogP contribution in [-0.4, -0.2) is 16.3 Å². The van der Waals surface area contributed by atoms with Crippen LogP contribution in [0.4, 0.5) is 4.39 Å².